The van der Waals surface area contributed by atoms with Crippen molar-refractivity contribution in [2.24, 2.45) is 0 Å². The SMILES string of the molecule is CCNC(C)c1ccnc(N2CCN(C)C(C)(C)C2)c1. The highest BCUT2D eigenvalue weighted by molar-refractivity contribution is 5.43. The number of likely N-dealkylation sites (N-methyl/N-ethyl adjacent to an activating group) is 1. The largest absolute Gasteiger partial charge is 0.353 e. The average Bonchev–Trinajstić information content (AvgIpc) is 2.42. The Hall–Kier alpha value is -1.13. The van der Waals surface area contributed by atoms with Crippen molar-refractivity contribution in [2.75, 3.05) is 38.1 Å². The maximum atomic E-state index is 4.58. The molecule has 1 atom stereocenters. The highest BCUT2D eigenvalue weighted by atomic mass is 15.3. The maximum absolute atomic E-state index is 4.58. The van der Waals surface area contributed by atoms with Crippen molar-refractivity contribution in [1.29, 1.82) is 0 Å². The number of aromatic nitrogens is 1. The Bertz CT molecular complexity index is 444. The highest BCUT2D eigenvalue weighted by Crippen LogP contribution is 2.24. The zero-order valence-electron chi connectivity index (χ0n) is 13.5. The minimum absolute atomic E-state index is 0.198. The summed E-state index contributed by atoms with van der Waals surface area (Å²) in [7, 11) is 2.20. The number of piperazine rings is 1. The zero-order valence-corrected chi connectivity index (χ0v) is 13.5. The molecule has 1 fully saturated rings. The lowest BCUT2D eigenvalue weighted by Gasteiger charge is -2.45. The Morgan fingerprint density at radius 2 is 2.15 bits per heavy atom. The summed E-state index contributed by atoms with van der Waals surface area (Å²) in [6.45, 7) is 13.1. The van der Waals surface area contributed by atoms with Crippen LogP contribution < -0.4 is 10.2 Å². The van der Waals surface area contributed by atoms with Gasteiger partial charge in [0.15, 0.2) is 0 Å². The maximum Gasteiger partial charge on any atom is 0.128 e. The number of hydrogen-bond acceptors (Lipinski definition) is 4. The van der Waals surface area contributed by atoms with Gasteiger partial charge in [-0.15, -0.1) is 0 Å². The van der Waals surface area contributed by atoms with Crippen LogP contribution in [0.25, 0.3) is 0 Å². The second-order valence-corrected chi connectivity index (χ2v) is 6.38. The molecule has 1 saturated heterocycles. The quantitative estimate of drug-likeness (QED) is 0.914. The van der Waals surface area contributed by atoms with Crippen LogP contribution in [0.5, 0.6) is 0 Å². The summed E-state index contributed by atoms with van der Waals surface area (Å²) in [5, 5.41) is 3.46. The fourth-order valence-electron chi connectivity index (χ4n) is 2.74. The van der Waals surface area contributed by atoms with Crippen LogP contribution in [0.3, 0.4) is 0 Å². The fraction of sp³-hybridized carbons (Fsp3) is 0.688. The van der Waals surface area contributed by atoms with Gasteiger partial charge in [-0.3, -0.25) is 4.90 Å². The van der Waals surface area contributed by atoms with Gasteiger partial charge in [-0.1, -0.05) is 6.92 Å². The third-order valence-electron chi connectivity index (χ3n) is 4.42. The van der Waals surface area contributed by atoms with Crippen LogP contribution in [0.15, 0.2) is 18.3 Å². The van der Waals surface area contributed by atoms with Crippen molar-refractivity contribution in [3.8, 4) is 0 Å². The number of pyridine rings is 1. The molecule has 0 spiro atoms. The highest BCUT2D eigenvalue weighted by Gasteiger charge is 2.31. The monoisotopic (exact) mass is 276 g/mol. The second-order valence-electron chi connectivity index (χ2n) is 6.38. The van der Waals surface area contributed by atoms with Gasteiger partial charge >= 0.3 is 0 Å². The summed E-state index contributed by atoms with van der Waals surface area (Å²) >= 11 is 0. The summed E-state index contributed by atoms with van der Waals surface area (Å²) in [6, 6.07) is 4.72. The van der Waals surface area contributed by atoms with Crippen LogP contribution in [0.1, 0.15) is 39.3 Å². The molecule has 1 unspecified atom stereocenters. The van der Waals surface area contributed by atoms with Crippen molar-refractivity contribution in [3.63, 3.8) is 0 Å². The van der Waals surface area contributed by atoms with E-state index in [0.717, 1.165) is 32.0 Å². The number of anilines is 1. The van der Waals surface area contributed by atoms with E-state index in [9.17, 15) is 0 Å². The van der Waals surface area contributed by atoms with Gasteiger partial charge in [0.05, 0.1) is 0 Å². The van der Waals surface area contributed by atoms with E-state index in [1.165, 1.54) is 5.56 Å². The lowest BCUT2D eigenvalue weighted by molar-refractivity contribution is 0.138. The molecule has 0 aliphatic carbocycles. The number of nitrogens with one attached hydrogen (secondary N) is 1. The second kappa shape index (κ2) is 6.10. The predicted molar refractivity (Wildman–Crippen MR) is 85.3 cm³/mol. The van der Waals surface area contributed by atoms with Crippen LogP contribution in [0, 0.1) is 0 Å². The fourth-order valence-corrected chi connectivity index (χ4v) is 2.74. The summed E-state index contributed by atoms with van der Waals surface area (Å²) in [5.74, 6) is 1.11. The standard InChI is InChI=1S/C16H28N4/c1-6-17-13(2)14-7-8-18-15(11-14)20-10-9-19(5)16(3,4)12-20/h7-8,11,13,17H,6,9-10,12H2,1-5H3. The molecule has 1 aromatic rings. The van der Waals surface area contributed by atoms with Gasteiger partial charge in [-0.05, 0) is 52.1 Å². The predicted octanol–water partition coefficient (Wildman–Crippen LogP) is 2.28. The Kier molecular flexibility index (Phi) is 4.66. The van der Waals surface area contributed by atoms with E-state index in [4.69, 9.17) is 0 Å². The van der Waals surface area contributed by atoms with E-state index >= 15 is 0 Å². The Labute approximate surface area is 123 Å². The molecule has 0 amide bonds. The third-order valence-corrected chi connectivity index (χ3v) is 4.42. The van der Waals surface area contributed by atoms with Crippen molar-refractivity contribution < 1.29 is 0 Å². The zero-order chi connectivity index (χ0) is 14.8. The van der Waals surface area contributed by atoms with E-state index in [1.807, 2.05) is 6.20 Å². The van der Waals surface area contributed by atoms with E-state index in [2.05, 4.69) is 67.0 Å². The van der Waals surface area contributed by atoms with Crippen molar-refractivity contribution in [3.05, 3.63) is 23.9 Å². The topological polar surface area (TPSA) is 31.4 Å². The molecule has 1 aliphatic heterocycles. The minimum Gasteiger partial charge on any atom is -0.353 e. The van der Waals surface area contributed by atoms with Crippen LogP contribution in [-0.2, 0) is 0 Å². The smallest absolute Gasteiger partial charge is 0.128 e. The first kappa shape index (κ1) is 15.3. The van der Waals surface area contributed by atoms with Crippen molar-refractivity contribution in [2.45, 2.75) is 39.3 Å². The summed E-state index contributed by atoms with van der Waals surface area (Å²) < 4.78 is 0. The summed E-state index contributed by atoms with van der Waals surface area (Å²) in [4.78, 5) is 9.41. The number of hydrogen-bond donors (Lipinski definition) is 1. The molecular formula is C16H28N4. The molecule has 2 rings (SSSR count). The van der Waals surface area contributed by atoms with Gasteiger partial charge in [0.1, 0.15) is 5.82 Å². The molecule has 2 heterocycles. The Morgan fingerprint density at radius 3 is 2.80 bits per heavy atom. The molecule has 0 saturated carbocycles. The average molecular weight is 276 g/mol. The van der Waals surface area contributed by atoms with Crippen molar-refractivity contribution in [1.82, 2.24) is 15.2 Å². The molecular weight excluding hydrogens is 248 g/mol. The lowest BCUT2D eigenvalue weighted by Crippen LogP contribution is -2.57. The van der Waals surface area contributed by atoms with Gasteiger partial charge in [-0.25, -0.2) is 4.98 Å². The number of rotatable bonds is 4. The van der Waals surface area contributed by atoms with Gasteiger partial charge in [0.2, 0.25) is 0 Å². The number of nitrogens with zero attached hydrogens (tertiary/aromatic N) is 3. The molecule has 112 valence electrons. The molecule has 0 radical (unpaired) electrons. The molecule has 1 aromatic heterocycles. The summed E-state index contributed by atoms with van der Waals surface area (Å²) in [6.07, 6.45) is 1.93. The first-order valence-corrected chi connectivity index (χ1v) is 7.59. The molecule has 0 aromatic carbocycles. The van der Waals surface area contributed by atoms with Crippen LogP contribution in [-0.4, -0.2) is 48.6 Å². The van der Waals surface area contributed by atoms with E-state index in [1.54, 1.807) is 0 Å². The van der Waals surface area contributed by atoms with E-state index in [0.29, 0.717) is 6.04 Å². The minimum atomic E-state index is 0.198. The first-order valence-electron chi connectivity index (χ1n) is 7.59. The van der Waals surface area contributed by atoms with Gasteiger partial charge in [-0.2, -0.15) is 0 Å². The van der Waals surface area contributed by atoms with Crippen molar-refractivity contribution >= 4 is 5.82 Å². The molecule has 0 bridgehead atoms. The van der Waals surface area contributed by atoms with E-state index in [-0.39, 0.29) is 5.54 Å². The van der Waals surface area contributed by atoms with E-state index < -0.39 is 0 Å². The molecule has 4 nitrogen and oxygen atoms in total. The Morgan fingerprint density at radius 1 is 1.40 bits per heavy atom. The molecule has 1 N–H and O–H groups in total. The molecule has 4 heteroatoms. The lowest BCUT2D eigenvalue weighted by atomic mass is 9.99. The molecule has 20 heavy (non-hydrogen) atoms. The third kappa shape index (κ3) is 3.30. The first-order chi connectivity index (χ1) is 9.44. The normalized spacial score (nSPS) is 20.9. The van der Waals surface area contributed by atoms with Gasteiger partial charge < -0.3 is 10.2 Å². The molecule has 1 aliphatic rings. The Balaban J connectivity index is 2.15. The summed E-state index contributed by atoms with van der Waals surface area (Å²) in [5.41, 5.74) is 1.51. The van der Waals surface area contributed by atoms with Gasteiger partial charge in [0, 0.05) is 37.4 Å². The van der Waals surface area contributed by atoms with Crippen LogP contribution in [0.2, 0.25) is 0 Å². The van der Waals surface area contributed by atoms with Crippen LogP contribution in [0.4, 0.5) is 5.82 Å². The van der Waals surface area contributed by atoms with Crippen LogP contribution >= 0.6 is 0 Å². The van der Waals surface area contributed by atoms with Gasteiger partial charge in [0.25, 0.3) is 0 Å².